The Morgan fingerprint density at radius 2 is 2.29 bits per heavy atom. The minimum atomic E-state index is 0.615. The van der Waals surface area contributed by atoms with Gasteiger partial charge >= 0.3 is 0 Å². The fourth-order valence-corrected chi connectivity index (χ4v) is 2.46. The van der Waals surface area contributed by atoms with Crippen LogP contribution in [0.3, 0.4) is 0 Å². The first kappa shape index (κ1) is 10.5. The molecule has 1 aliphatic heterocycles. The summed E-state index contributed by atoms with van der Waals surface area (Å²) in [6.45, 7) is 2.21. The summed E-state index contributed by atoms with van der Waals surface area (Å²) in [4.78, 5) is 6.72. The van der Waals surface area contributed by atoms with Crippen LogP contribution in [0.2, 0.25) is 0 Å². The lowest BCUT2D eigenvalue weighted by Crippen LogP contribution is -2.33. The molecule has 1 unspecified atom stereocenters. The van der Waals surface area contributed by atoms with Gasteiger partial charge in [0.15, 0.2) is 0 Å². The van der Waals surface area contributed by atoms with Crippen LogP contribution in [0.1, 0.15) is 6.42 Å². The zero-order chi connectivity index (χ0) is 11.7. The summed E-state index contributed by atoms with van der Waals surface area (Å²) in [5, 5.41) is 4.62. The molecule has 0 spiro atoms. The van der Waals surface area contributed by atoms with E-state index in [1.807, 2.05) is 12.3 Å². The minimum Gasteiger partial charge on any atom is -0.370 e. The lowest BCUT2D eigenvalue weighted by molar-refractivity contribution is 0.686. The average molecular weight is 227 g/mol. The van der Waals surface area contributed by atoms with E-state index in [1.54, 1.807) is 0 Å². The van der Waals surface area contributed by atoms with Crippen LogP contribution < -0.4 is 10.2 Å². The zero-order valence-electron chi connectivity index (χ0n) is 10.1. The van der Waals surface area contributed by atoms with Gasteiger partial charge in [0.25, 0.3) is 0 Å². The van der Waals surface area contributed by atoms with Gasteiger partial charge < -0.3 is 10.2 Å². The third kappa shape index (κ3) is 1.98. The van der Waals surface area contributed by atoms with Gasteiger partial charge in [0.2, 0.25) is 0 Å². The van der Waals surface area contributed by atoms with Crippen LogP contribution in [0, 0.1) is 0 Å². The van der Waals surface area contributed by atoms with Crippen LogP contribution in [0.4, 0.5) is 5.69 Å². The van der Waals surface area contributed by atoms with Crippen molar-refractivity contribution in [2.24, 2.45) is 0 Å². The van der Waals surface area contributed by atoms with Gasteiger partial charge in [-0.25, -0.2) is 0 Å². The number of nitrogens with one attached hydrogen (secondary N) is 1. The topological polar surface area (TPSA) is 28.2 Å². The highest BCUT2D eigenvalue weighted by Crippen LogP contribution is 2.22. The SMILES string of the molecule is CN(c1ccc2ncccc2c1)C1CCNC1. The van der Waals surface area contributed by atoms with E-state index >= 15 is 0 Å². The number of nitrogens with zero attached hydrogens (tertiary/aromatic N) is 2. The summed E-state index contributed by atoms with van der Waals surface area (Å²) >= 11 is 0. The molecule has 1 N–H and O–H groups in total. The Hall–Kier alpha value is -1.61. The number of anilines is 1. The first-order chi connectivity index (χ1) is 8.34. The Morgan fingerprint density at radius 1 is 1.35 bits per heavy atom. The van der Waals surface area contributed by atoms with E-state index in [0.717, 1.165) is 18.6 Å². The van der Waals surface area contributed by atoms with Crippen LogP contribution in [0.25, 0.3) is 10.9 Å². The summed E-state index contributed by atoms with van der Waals surface area (Å²) in [6, 6.07) is 11.2. The van der Waals surface area contributed by atoms with Gasteiger partial charge in [-0.1, -0.05) is 6.07 Å². The van der Waals surface area contributed by atoms with Gasteiger partial charge in [-0.3, -0.25) is 4.98 Å². The first-order valence-electron chi connectivity index (χ1n) is 6.13. The molecular weight excluding hydrogens is 210 g/mol. The van der Waals surface area contributed by atoms with Gasteiger partial charge in [-0.15, -0.1) is 0 Å². The van der Waals surface area contributed by atoms with E-state index in [9.17, 15) is 0 Å². The van der Waals surface area contributed by atoms with Crippen LogP contribution in [-0.2, 0) is 0 Å². The van der Waals surface area contributed by atoms with Crippen molar-refractivity contribution in [2.75, 3.05) is 25.0 Å². The standard InChI is InChI=1S/C14H17N3/c1-17(13-6-8-15-10-13)12-4-5-14-11(9-12)3-2-7-16-14/h2-5,7,9,13,15H,6,8,10H2,1H3. The highest BCUT2D eigenvalue weighted by molar-refractivity contribution is 5.82. The molecule has 1 aliphatic rings. The van der Waals surface area contributed by atoms with E-state index in [2.05, 4.69) is 46.5 Å². The second-order valence-electron chi connectivity index (χ2n) is 4.64. The van der Waals surface area contributed by atoms with E-state index in [1.165, 1.54) is 17.5 Å². The highest BCUT2D eigenvalue weighted by atomic mass is 15.2. The number of hydrogen-bond donors (Lipinski definition) is 1. The summed E-state index contributed by atoms with van der Waals surface area (Å²) in [5.74, 6) is 0. The largest absolute Gasteiger partial charge is 0.370 e. The van der Waals surface area contributed by atoms with Gasteiger partial charge in [0.05, 0.1) is 5.52 Å². The lowest BCUT2D eigenvalue weighted by Gasteiger charge is -2.26. The number of likely N-dealkylation sites (N-methyl/N-ethyl adjacent to an activating group) is 1. The predicted octanol–water partition coefficient (Wildman–Crippen LogP) is 2.03. The molecule has 0 aliphatic carbocycles. The number of hydrogen-bond acceptors (Lipinski definition) is 3. The number of fused-ring (bicyclic) bond motifs is 1. The summed E-state index contributed by atoms with van der Waals surface area (Å²) < 4.78 is 0. The molecule has 0 amide bonds. The molecule has 3 heteroatoms. The third-order valence-electron chi connectivity index (χ3n) is 3.58. The molecule has 0 radical (unpaired) electrons. The van der Waals surface area contributed by atoms with E-state index < -0.39 is 0 Å². The van der Waals surface area contributed by atoms with Crippen LogP contribution >= 0.6 is 0 Å². The van der Waals surface area contributed by atoms with Crippen LogP contribution in [0.15, 0.2) is 36.5 Å². The molecule has 1 fully saturated rings. The van der Waals surface area contributed by atoms with E-state index in [0.29, 0.717) is 6.04 Å². The normalized spacial score (nSPS) is 19.7. The first-order valence-corrected chi connectivity index (χ1v) is 6.13. The van der Waals surface area contributed by atoms with Crippen molar-refractivity contribution in [3.63, 3.8) is 0 Å². The van der Waals surface area contributed by atoms with Crippen molar-refractivity contribution in [3.05, 3.63) is 36.5 Å². The monoisotopic (exact) mass is 227 g/mol. The number of rotatable bonds is 2. The maximum atomic E-state index is 4.35. The fraction of sp³-hybridized carbons (Fsp3) is 0.357. The summed E-state index contributed by atoms with van der Waals surface area (Å²) in [5.41, 5.74) is 2.34. The van der Waals surface area contributed by atoms with Crippen LogP contribution in [-0.4, -0.2) is 31.2 Å². The van der Waals surface area contributed by atoms with Crippen molar-refractivity contribution in [1.29, 1.82) is 0 Å². The predicted molar refractivity (Wildman–Crippen MR) is 71.4 cm³/mol. The third-order valence-corrected chi connectivity index (χ3v) is 3.58. The van der Waals surface area contributed by atoms with Gasteiger partial charge in [0, 0.05) is 36.9 Å². The molecule has 88 valence electrons. The number of benzene rings is 1. The number of aromatic nitrogens is 1. The van der Waals surface area contributed by atoms with Gasteiger partial charge in [-0.2, -0.15) is 0 Å². The van der Waals surface area contributed by atoms with Crippen molar-refractivity contribution < 1.29 is 0 Å². The fourth-order valence-electron chi connectivity index (χ4n) is 2.46. The quantitative estimate of drug-likeness (QED) is 0.851. The Morgan fingerprint density at radius 3 is 3.12 bits per heavy atom. The molecule has 1 atom stereocenters. The van der Waals surface area contributed by atoms with Crippen molar-refractivity contribution >= 4 is 16.6 Å². The maximum Gasteiger partial charge on any atom is 0.0703 e. The van der Waals surface area contributed by atoms with Crippen molar-refractivity contribution in [1.82, 2.24) is 10.3 Å². The van der Waals surface area contributed by atoms with Crippen molar-refractivity contribution in [2.45, 2.75) is 12.5 Å². The van der Waals surface area contributed by atoms with E-state index in [-0.39, 0.29) is 0 Å². The second kappa shape index (κ2) is 4.34. The molecular formula is C14H17N3. The molecule has 2 heterocycles. The zero-order valence-corrected chi connectivity index (χ0v) is 10.1. The molecule has 0 saturated carbocycles. The van der Waals surface area contributed by atoms with Crippen molar-refractivity contribution in [3.8, 4) is 0 Å². The molecule has 1 aromatic heterocycles. The molecule has 1 aromatic carbocycles. The summed E-state index contributed by atoms with van der Waals surface area (Å²) in [6.07, 6.45) is 3.06. The highest BCUT2D eigenvalue weighted by Gasteiger charge is 2.19. The van der Waals surface area contributed by atoms with Crippen LogP contribution in [0.5, 0.6) is 0 Å². The smallest absolute Gasteiger partial charge is 0.0703 e. The Bertz CT molecular complexity index is 518. The Balaban J connectivity index is 1.94. The minimum absolute atomic E-state index is 0.615. The molecule has 3 nitrogen and oxygen atoms in total. The molecule has 0 bridgehead atoms. The molecule has 17 heavy (non-hydrogen) atoms. The Kier molecular flexibility index (Phi) is 2.69. The van der Waals surface area contributed by atoms with Gasteiger partial charge in [-0.05, 0) is 37.2 Å². The van der Waals surface area contributed by atoms with Gasteiger partial charge in [0.1, 0.15) is 0 Å². The molecule has 2 aromatic rings. The maximum absolute atomic E-state index is 4.35. The summed E-state index contributed by atoms with van der Waals surface area (Å²) in [7, 11) is 2.18. The molecule has 1 saturated heterocycles. The molecule has 3 rings (SSSR count). The number of pyridine rings is 1. The lowest BCUT2D eigenvalue weighted by atomic mass is 10.1. The Labute approximate surface area is 101 Å². The second-order valence-corrected chi connectivity index (χ2v) is 4.64. The van der Waals surface area contributed by atoms with E-state index in [4.69, 9.17) is 0 Å². The average Bonchev–Trinajstić information content (AvgIpc) is 2.91.